The molecule has 4 nitrogen and oxygen atoms in total. The highest BCUT2D eigenvalue weighted by molar-refractivity contribution is 7.41. The van der Waals surface area contributed by atoms with Crippen LogP contribution in [0.2, 0.25) is 0 Å². The largest absolute Gasteiger partial charge is 0.335 e. The van der Waals surface area contributed by atoms with E-state index in [1.54, 1.807) is 4.90 Å². The molecule has 0 aliphatic rings. The lowest BCUT2D eigenvalue weighted by atomic mass is 10.2. The zero-order valence-corrected chi connectivity index (χ0v) is 20.3. The molecule has 1 N–H and O–H groups in total. The number of quaternary nitrogens is 1. The molecule has 0 aliphatic carbocycles. The number of rotatable bonds is 16. The van der Waals surface area contributed by atoms with E-state index in [1.807, 2.05) is 27.7 Å². The summed E-state index contributed by atoms with van der Waals surface area (Å²) >= 11 is 0. The van der Waals surface area contributed by atoms with E-state index in [1.165, 1.54) is 58.2 Å². The van der Waals surface area contributed by atoms with E-state index in [2.05, 4.69) is 27.7 Å². The molecule has 0 radical (unpaired) electrons. The van der Waals surface area contributed by atoms with Gasteiger partial charge >= 0.3 is 8.60 Å². The quantitative estimate of drug-likeness (QED) is 0.256. The number of nitrogens with one attached hydrogen (secondary N) is 1. The molecule has 0 aromatic heterocycles. The van der Waals surface area contributed by atoms with Crippen LogP contribution in [0.15, 0.2) is 0 Å². The lowest BCUT2D eigenvalue weighted by Crippen LogP contribution is -3.12. The van der Waals surface area contributed by atoms with Crippen LogP contribution in [-0.4, -0.2) is 39.5 Å². The predicted molar refractivity (Wildman–Crippen MR) is 118 cm³/mol. The number of hydrogen-bond donors (Lipinski definition) is 1. The Bertz CT molecular complexity index is 205. The zero-order valence-electron chi connectivity index (χ0n) is 19.4. The van der Waals surface area contributed by atoms with Crippen molar-refractivity contribution >= 4 is 8.60 Å². The molecule has 0 amide bonds. The summed E-state index contributed by atoms with van der Waals surface area (Å²) in [4.78, 5) is 1.72. The molecule has 0 atom stereocenters. The van der Waals surface area contributed by atoms with Gasteiger partial charge in [-0.1, -0.05) is 67.2 Å². The van der Waals surface area contributed by atoms with Crippen LogP contribution in [0, 0.1) is 0 Å². The van der Waals surface area contributed by atoms with Gasteiger partial charge in [-0.05, 0) is 26.7 Å². The Kier molecular flexibility index (Phi) is 35.8. The summed E-state index contributed by atoms with van der Waals surface area (Å²) in [6, 6.07) is 0. The summed E-state index contributed by atoms with van der Waals surface area (Å²) in [5.74, 6) is 0. The molecule has 0 aromatic rings. The van der Waals surface area contributed by atoms with Gasteiger partial charge in [-0.3, -0.25) is 0 Å². The van der Waals surface area contributed by atoms with E-state index < -0.39 is 8.60 Å². The van der Waals surface area contributed by atoms with Gasteiger partial charge in [-0.25, -0.2) is 0 Å². The van der Waals surface area contributed by atoms with Crippen LogP contribution in [0.4, 0.5) is 0 Å². The lowest BCUT2D eigenvalue weighted by Gasteiger charge is -2.20. The molecule has 0 fully saturated rings. The number of unbranched alkanes of at least 4 members (excludes halogenated alkanes) is 3. The van der Waals surface area contributed by atoms with Gasteiger partial charge in [-0.2, -0.15) is 0 Å². The minimum absolute atomic E-state index is 0.649. The van der Waals surface area contributed by atoms with Crippen LogP contribution in [-0.2, 0) is 13.6 Å². The van der Waals surface area contributed by atoms with Gasteiger partial charge in [-0.15, -0.1) is 0 Å². The molecule has 26 heavy (non-hydrogen) atoms. The van der Waals surface area contributed by atoms with E-state index in [9.17, 15) is 0 Å². The van der Waals surface area contributed by atoms with Crippen molar-refractivity contribution in [3.63, 3.8) is 0 Å². The smallest absolute Gasteiger partial charge is 0.332 e. The van der Waals surface area contributed by atoms with E-state index in [0.717, 1.165) is 13.0 Å². The predicted octanol–water partition coefficient (Wildman–Crippen LogP) is 6.01. The maximum atomic E-state index is 5.69. The normalized spacial score (nSPS) is 10.4. The van der Waals surface area contributed by atoms with Crippen LogP contribution in [0.25, 0.3) is 0 Å². The molecule has 0 saturated carbocycles. The molecule has 0 saturated heterocycles. The Morgan fingerprint density at radius 3 is 1.35 bits per heavy atom. The van der Waals surface area contributed by atoms with Gasteiger partial charge in [0.15, 0.2) is 0 Å². The van der Waals surface area contributed by atoms with Gasteiger partial charge in [0.25, 0.3) is 0 Å². The van der Waals surface area contributed by atoms with E-state index in [4.69, 9.17) is 13.6 Å². The topological polar surface area (TPSA) is 32.1 Å². The van der Waals surface area contributed by atoms with Crippen LogP contribution in [0.5, 0.6) is 0 Å². The second kappa shape index (κ2) is 30.0. The van der Waals surface area contributed by atoms with Crippen molar-refractivity contribution in [2.75, 3.05) is 39.5 Å². The van der Waals surface area contributed by atoms with Crippen LogP contribution in [0.1, 0.15) is 100 Å². The highest BCUT2D eigenvalue weighted by Crippen LogP contribution is 2.39. The van der Waals surface area contributed by atoms with Gasteiger partial charge in [0, 0.05) is 6.42 Å². The number of hydrogen-bond acceptors (Lipinski definition) is 3. The van der Waals surface area contributed by atoms with Crippen molar-refractivity contribution in [3.05, 3.63) is 0 Å². The van der Waals surface area contributed by atoms with E-state index in [0.29, 0.717) is 13.2 Å². The maximum Gasteiger partial charge on any atom is 0.332 e. The first kappa shape index (κ1) is 31.0. The third-order valence-electron chi connectivity index (χ3n) is 3.61. The summed E-state index contributed by atoms with van der Waals surface area (Å²) in [6.45, 7) is 22.7. The second-order valence-corrected chi connectivity index (χ2v) is 7.17. The Labute approximate surface area is 167 Å². The third kappa shape index (κ3) is 26.5. The standard InChI is InChI=1S/C15H34NO3P.C4H10.C2H6/c1-5-9-12-16(13-10-6-2)14-11-15-19-20(17-7-3)18-8-4;1-3-4-2;1-2/h5-15H2,1-4H3;3-4H2,1-2H3;1-2H3/p+1. The van der Waals surface area contributed by atoms with Crippen molar-refractivity contribution in [1.29, 1.82) is 0 Å². The van der Waals surface area contributed by atoms with Crippen molar-refractivity contribution in [2.24, 2.45) is 0 Å². The first-order valence-electron chi connectivity index (χ1n) is 11.2. The van der Waals surface area contributed by atoms with E-state index in [-0.39, 0.29) is 0 Å². The molecule has 162 valence electrons. The molecular weight excluding hydrogens is 345 g/mol. The first-order chi connectivity index (χ1) is 12.7. The average Bonchev–Trinajstić information content (AvgIpc) is 2.68. The lowest BCUT2D eigenvalue weighted by molar-refractivity contribution is -0.900. The molecular formula is C21H51NO3P+. The fraction of sp³-hybridized carbons (Fsp3) is 1.00. The van der Waals surface area contributed by atoms with Crippen LogP contribution in [0.3, 0.4) is 0 Å². The minimum atomic E-state index is -1.12. The fourth-order valence-corrected chi connectivity index (χ4v) is 2.94. The molecule has 5 heteroatoms. The van der Waals surface area contributed by atoms with Gasteiger partial charge < -0.3 is 18.5 Å². The zero-order chi connectivity index (χ0) is 20.5. The highest BCUT2D eigenvalue weighted by atomic mass is 31.2. The molecule has 0 heterocycles. The first-order valence-corrected chi connectivity index (χ1v) is 12.3. The van der Waals surface area contributed by atoms with Crippen molar-refractivity contribution < 1.29 is 18.5 Å². The molecule has 0 unspecified atom stereocenters. The average molecular weight is 397 g/mol. The van der Waals surface area contributed by atoms with Crippen molar-refractivity contribution in [3.8, 4) is 0 Å². The summed E-state index contributed by atoms with van der Waals surface area (Å²) in [6.07, 6.45) is 8.94. The minimum Gasteiger partial charge on any atom is -0.335 e. The Balaban J connectivity index is -0.000000769. The summed E-state index contributed by atoms with van der Waals surface area (Å²) < 4.78 is 16.6. The van der Waals surface area contributed by atoms with Crippen molar-refractivity contribution in [1.82, 2.24) is 0 Å². The Hall–Kier alpha value is 0.270. The maximum absolute atomic E-state index is 5.69. The van der Waals surface area contributed by atoms with Crippen LogP contribution >= 0.6 is 8.60 Å². The molecule has 0 aliphatic heterocycles. The highest BCUT2D eigenvalue weighted by Gasteiger charge is 2.12. The van der Waals surface area contributed by atoms with Crippen LogP contribution < -0.4 is 4.90 Å². The summed E-state index contributed by atoms with van der Waals surface area (Å²) in [5.41, 5.74) is 0. The SMILES string of the molecule is CC.CCCC.CCCC[NH+](CCCC)CCCOP(OCC)OCC. The molecule has 0 rings (SSSR count). The Morgan fingerprint density at radius 1 is 0.577 bits per heavy atom. The molecule has 0 spiro atoms. The molecule has 0 bridgehead atoms. The third-order valence-corrected chi connectivity index (χ3v) is 4.94. The van der Waals surface area contributed by atoms with E-state index >= 15 is 0 Å². The fourth-order valence-electron chi connectivity index (χ4n) is 2.01. The van der Waals surface area contributed by atoms with Crippen molar-refractivity contribution in [2.45, 2.75) is 100 Å². The Morgan fingerprint density at radius 2 is 1.00 bits per heavy atom. The van der Waals surface area contributed by atoms with Gasteiger partial charge in [0.05, 0.1) is 39.5 Å². The molecule has 0 aromatic carbocycles. The second-order valence-electron chi connectivity index (χ2n) is 5.95. The van der Waals surface area contributed by atoms with Gasteiger partial charge in [0.2, 0.25) is 0 Å². The van der Waals surface area contributed by atoms with Gasteiger partial charge in [0.1, 0.15) is 0 Å². The summed E-state index contributed by atoms with van der Waals surface area (Å²) in [5, 5.41) is 0. The summed E-state index contributed by atoms with van der Waals surface area (Å²) in [7, 11) is -1.12. The monoisotopic (exact) mass is 396 g/mol.